The Balaban J connectivity index is 2.82. The third kappa shape index (κ3) is 3.87. The number of aliphatic hydroxyl groups is 1. The summed E-state index contributed by atoms with van der Waals surface area (Å²) in [6.07, 6.45) is 6.51. The van der Waals surface area contributed by atoms with E-state index in [-0.39, 0.29) is 6.61 Å². The zero-order chi connectivity index (χ0) is 10.6. The van der Waals surface area contributed by atoms with Gasteiger partial charge in [0.25, 0.3) is 0 Å². The highest BCUT2D eigenvalue weighted by molar-refractivity contribution is 8.35. The highest BCUT2D eigenvalue weighted by Gasteiger charge is 1.96. The van der Waals surface area contributed by atoms with E-state index in [0.717, 1.165) is 11.1 Å². The fourth-order valence-electron chi connectivity index (χ4n) is 0.906. The lowest BCUT2D eigenvalue weighted by Crippen LogP contribution is -1.86. The van der Waals surface area contributed by atoms with E-state index < -0.39 is 10.0 Å². The highest BCUT2D eigenvalue weighted by atomic mass is 32.3. The molecule has 0 fully saturated rings. The van der Waals surface area contributed by atoms with Crippen LogP contribution in [-0.2, 0) is 6.61 Å². The Morgan fingerprint density at radius 1 is 1.14 bits per heavy atom. The van der Waals surface area contributed by atoms with Crippen molar-refractivity contribution in [1.82, 2.24) is 0 Å². The lowest BCUT2D eigenvalue weighted by atomic mass is 10.1. The first-order chi connectivity index (χ1) is 6.51. The van der Waals surface area contributed by atoms with E-state index in [1.807, 2.05) is 24.3 Å². The van der Waals surface area contributed by atoms with E-state index in [9.17, 15) is 0 Å². The van der Waals surface area contributed by atoms with Crippen LogP contribution in [0.25, 0.3) is 0 Å². The van der Waals surface area contributed by atoms with Crippen molar-refractivity contribution in [3.63, 3.8) is 0 Å². The molecule has 0 aliphatic carbocycles. The maximum absolute atomic E-state index is 8.86. The van der Waals surface area contributed by atoms with Crippen molar-refractivity contribution >= 4 is 10.0 Å². The van der Waals surface area contributed by atoms with Gasteiger partial charge in [-0.2, -0.15) is 10.0 Å². The van der Waals surface area contributed by atoms with Crippen LogP contribution in [0.3, 0.4) is 0 Å². The van der Waals surface area contributed by atoms with E-state index in [0.29, 0.717) is 0 Å². The molecule has 14 heavy (non-hydrogen) atoms. The second-order valence-electron chi connectivity index (χ2n) is 3.92. The summed E-state index contributed by atoms with van der Waals surface area (Å²) in [6.45, 7) is 0.0955. The van der Waals surface area contributed by atoms with Crippen molar-refractivity contribution in [2.24, 2.45) is 0 Å². The summed E-state index contributed by atoms with van der Waals surface area (Å²) in [5.74, 6) is 3.14. The van der Waals surface area contributed by atoms with Crippen molar-refractivity contribution in [1.29, 1.82) is 0 Å². The van der Waals surface area contributed by atoms with Gasteiger partial charge in [0.15, 0.2) is 0 Å². The van der Waals surface area contributed by atoms with Crippen LogP contribution in [0.4, 0.5) is 0 Å². The summed E-state index contributed by atoms with van der Waals surface area (Å²) < 4.78 is 0. The zero-order valence-corrected chi connectivity index (χ0v) is 9.69. The Morgan fingerprint density at radius 3 is 2.14 bits per heavy atom. The third-order valence-electron chi connectivity index (χ3n) is 1.64. The second-order valence-corrected chi connectivity index (χ2v) is 7.80. The normalized spacial score (nSPS) is 11.7. The average Bonchev–Trinajstić information content (AvgIpc) is 2.14. The summed E-state index contributed by atoms with van der Waals surface area (Å²) in [4.78, 5) is 0. The number of hydrogen-bond acceptors (Lipinski definition) is 1. The second kappa shape index (κ2) is 4.54. The number of rotatable bonds is 1. The van der Waals surface area contributed by atoms with E-state index >= 15 is 0 Å². The van der Waals surface area contributed by atoms with Gasteiger partial charge in [0.2, 0.25) is 0 Å². The van der Waals surface area contributed by atoms with Crippen LogP contribution in [0.5, 0.6) is 0 Å². The molecule has 0 aliphatic rings. The third-order valence-corrected chi connectivity index (χ3v) is 2.35. The van der Waals surface area contributed by atoms with Gasteiger partial charge in [0.05, 0.1) is 6.61 Å². The molecule has 0 radical (unpaired) electrons. The minimum atomic E-state index is -0.748. The SMILES string of the molecule is CS(C)(C)C#Cc1ccc(CO)cc1. The molecule has 0 amide bonds. The summed E-state index contributed by atoms with van der Waals surface area (Å²) in [7, 11) is -0.748. The van der Waals surface area contributed by atoms with Crippen molar-refractivity contribution in [3.8, 4) is 11.2 Å². The smallest absolute Gasteiger partial charge is 0.0681 e. The van der Waals surface area contributed by atoms with Gasteiger partial charge in [0, 0.05) is 5.56 Å². The maximum atomic E-state index is 8.86. The number of benzene rings is 1. The van der Waals surface area contributed by atoms with Gasteiger partial charge in [-0.15, -0.1) is 0 Å². The van der Waals surface area contributed by atoms with Crippen LogP contribution < -0.4 is 0 Å². The fourth-order valence-corrected chi connectivity index (χ4v) is 1.33. The molecule has 1 rings (SSSR count). The predicted octanol–water partition coefficient (Wildman–Crippen LogP) is 2.18. The predicted molar refractivity (Wildman–Crippen MR) is 64.6 cm³/mol. The van der Waals surface area contributed by atoms with E-state index in [2.05, 4.69) is 29.9 Å². The molecule has 1 nitrogen and oxygen atoms in total. The van der Waals surface area contributed by atoms with Crippen LogP contribution in [0.1, 0.15) is 11.1 Å². The van der Waals surface area contributed by atoms with Crippen molar-refractivity contribution in [3.05, 3.63) is 35.4 Å². The first-order valence-electron chi connectivity index (χ1n) is 4.42. The lowest BCUT2D eigenvalue weighted by molar-refractivity contribution is 0.282. The quantitative estimate of drug-likeness (QED) is 0.701. The summed E-state index contributed by atoms with van der Waals surface area (Å²) >= 11 is 0. The molecule has 0 aromatic heterocycles. The topological polar surface area (TPSA) is 20.2 Å². The Labute approximate surface area is 87.5 Å². The van der Waals surface area contributed by atoms with Gasteiger partial charge in [-0.3, -0.25) is 0 Å². The summed E-state index contributed by atoms with van der Waals surface area (Å²) in [5, 5.41) is 12.1. The monoisotopic (exact) mass is 208 g/mol. The van der Waals surface area contributed by atoms with Gasteiger partial charge in [-0.05, 0) is 41.7 Å². The molecule has 0 aliphatic heterocycles. The van der Waals surface area contributed by atoms with Gasteiger partial charge >= 0.3 is 0 Å². The molecule has 0 bridgehead atoms. The van der Waals surface area contributed by atoms with Gasteiger partial charge in [-0.1, -0.05) is 18.1 Å². The first-order valence-corrected chi connectivity index (χ1v) is 7.28. The number of hydrogen-bond donors (Lipinski definition) is 1. The Bertz CT molecular complexity index is 349. The van der Waals surface area contributed by atoms with Gasteiger partial charge in [0.1, 0.15) is 0 Å². The van der Waals surface area contributed by atoms with Crippen molar-refractivity contribution < 1.29 is 5.11 Å². The Kier molecular flexibility index (Phi) is 3.62. The summed E-state index contributed by atoms with van der Waals surface area (Å²) in [6, 6.07) is 7.71. The van der Waals surface area contributed by atoms with Crippen LogP contribution in [0.15, 0.2) is 24.3 Å². The zero-order valence-electron chi connectivity index (χ0n) is 8.87. The van der Waals surface area contributed by atoms with Gasteiger partial charge in [-0.25, -0.2) is 0 Å². The molecule has 1 N–H and O–H groups in total. The van der Waals surface area contributed by atoms with Crippen molar-refractivity contribution in [2.45, 2.75) is 6.61 Å². The van der Waals surface area contributed by atoms with Crippen LogP contribution in [0.2, 0.25) is 0 Å². The molecule has 1 aromatic rings. The molecule has 0 atom stereocenters. The molecule has 2 heteroatoms. The van der Waals surface area contributed by atoms with Crippen LogP contribution in [0, 0.1) is 11.2 Å². The van der Waals surface area contributed by atoms with E-state index in [4.69, 9.17) is 5.11 Å². The molecule has 0 saturated carbocycles. The maximum Gasteiger partial charge on any atom is 0.0681 e. The van der Waals surface area contributed by atoms with E-state index in [1.165, 1.54) is 0 Å². The molecule has 1 aromatic carbocycles. The van der Waals surface area contributed by atoms with Crippen molar-refractivity contribution in [2.75, 3.05) is 18.8 Å². The van der Waals surface area contributed by atoms with E-state index in [1.54, 1.807) is 0 Å². The Morgan fingerprint density at radius 2 is 1.71 bits per heavy atom. The molecule has 0 spiro atoms. The minimum absolute atomic E-state index is 0.0955. The lowest BCUT2D eigenvalue weighted by Gasteiger charge is -2.14. The number of aliphatic hydroxyl groups excluding tert-OH is 1. The standard InChI is InChI=1S/C12H16OS/c1-14(2,3)9-8-11-4-6-12(10-13)7-5-11/h4-7,13H,10H2,1-3H3. The summed E-state index contributed by atoms with van der Waals surface area (Å²) in [5.41, 5.74) is 1.95. The van der Waals surface area contributed by atoms with Gasteiger partial charge < -0.3 is 5.11 Å². The molecule has 0 unspecified atom stereocenters. The average molecular weight is 208 g/mol. The Hall–Kier alpha value is -0.910. The minimum Gasteiger partial charge on any atom is -0.392 e. The highest BCUT2D eigenvalue weighted by Crippen LogP contribution is 2.32. The largest absolute Gasteiger partial charge is 0.392 e. The fraction of sp³-hybridized carbons (Fsp3) is 0.333. The molecule has 76 valence electrons. The van der Waals surface area contributed by atoms with Crippen LogP contribution >= 0.6 is 10.0 Å². The molecular weight excluding hydrogens is 192 g/mol. The molecule has 0 heterocycles. The van der Waals surface area contributed by atoms with Crippen LogP contribution in [-0.4, -0.2) is 23.9 Å². The molecular formula is C12H16OS. The molecule has 0 saturated heterocycles. The first kappa shape index (κ1) is 11.2.